The molecule has 0 bridgehead atoms. The van der Waals surface area contributed by atoms with Crippen LogP contribution in [0, 0.1) is 5.92 Å². The Balaban J connectivity index is 1.91. The third-order valence-electron chi connectivity index (χ3n) is 3.91. The van der Waals surface area contributed by atoms with Gasteiger partial charge in [0.15, 0.2) is 5.13 Å². The van der Waals surface area contributed by atoms with E-state index in [1.165, 1.54) is 0 Å². The van der Waals surface area contributed by atoms with Crippen molar-refractivity contribution in [2.75, 3.05) is 18.0 Å². The van der Waals surface area contributed by atoms with Gasteiger partial charge in [0.1, 0.15) is 0 Å². The standard InChI is InChI=1S/C19H20N2OS/c1-2-21(14-15-10-6-5-7-11-15)19-20-18(22)16-12-8-3-4-9-13-17(16)23-19/h3-10,12-13,15H,2,11,14H2,1H3/b4-3-,8-3?,9-4?,12-8-,13-9-,16-12?,17-13?. The van der Waals surface area contributed by atoms with Crippen LogP contribution in [0.15, 0.2) is 53.4 Å². The molecule has 3 nitrogen and oxygen atoms in total. The molecule has 4 heteroatoms. The lowest BCUT2D eigenvalue weighted by molar-refractivity contribution is 0.623. The summed E-state index contributed by atoms with van der Waals surface area (Å²) in [5, 5.41) is 0.807. The topological polar surface area (TPSA) is 33.2 Å². The zero-order chi connectivity index (χ0) is 16.1. The number of hydrogen-bond donors (Lipinski definition) is 0. The van der Waals surface area contributed by atoms with Gasteiger partial charge in [-0.3, -0.25) is 4.79 Å². The Morgan fingerprint density at radius 1 is 1.17 bits per heavy atom. The molecule has 0 radical (unpaired) electrons. The summed E-state index contributed by atoms with van der Waals surface area (Å²) >= 11 is 1.58. The highest BCUT2D eigenvalue weighted by Gasteiger charge is 2.16. The minimum Gasteiger partial charge on any atom is -0.348 e. The predicted molar refractivity (Wildman–Crippen MR) is 99.9 cm³/mol. The minimum absolute atomic E-state index is 0.150. The first kappa shape index (κ1) is 15.7. The third-order valence-corrected chi connectivity index (χ3v) is 5.02. The molecule has 1 aromatic heterocycles. The van der Waals surface area contributed by atoms with Gasteiger partial charge in [-0.2, -0.15) is 4.98 Å². The van der Waals surface area contributed by atoms with E-state index in [0.29, 0.717) is 11.5 Å². The molecule has 0 N–H and O–H groups in total. The molecule has 0 fully saturated rings. The molecular weight excluding hydrogens is 304 g/mol. The molecule has 0 saturated carbocycles. The van der Waals surface area contributed by atoms with Crippen molar-refractivity contribution in [2.45, 2.75) is 13.3 Å². The molecule has 0 aliphatic heterocycles. The van der Waals surface area contributed by atoms with Crippen LogP contribution in [0.1, 0.15) is 23.8 Å². The SMILES string of the molecule is CCN(CC1C=CC=CC1)c1nc(=O)c2c(s1)\C=C/C=C\C=C/2. The minimum atomic E-state index is -0.150. The lowest BCUT2D eigenvalue weighted by atomic mass is 10.0. The van der Waals surface area contributed by atoms with Crippen molar-refractivity contribution in [2.24, 2.45) is 5.92 Å². The smallest absolute Gasteiger partial charge is 0.281 e. The van der Waals surface area contributed by atoms with Crippen LogP contribution in [-0.2, 0) is 0 Å². The van der Waals surface area contributed by atoms with Gasteiger partial charge in [0.25, 0.3) is 5.56 Å². The molecule has 0 saturated heterocycles. The van der Waals surface area contributed by atoms with Crippen LogP contribution >= 0.6 is 11.3 Å². The van der Waals surface area contributed by atoms with Crippen LogP contribution in [0.25, 0.3) is 12.2 Å². The number of nitrogens with zero attached hydrogens (tertiary/aromatic N) is 2. The number of hydrogen-bond acceptors (Lipinski definition) is 4. The van der Waals surface area contributed by atoms with E-state index in [0.717, 1.165) is 29.5 Å². The second-order valence-electron chi connectivity index (χ2n) is 5.53. The van der Waals surface area contributed by atoms with Crippen LogP contribution < -0.4 is 10.5 Å². The number of allylic oxidation sites excluding steroid dienone is 7. The van der Waals surface area contributed by atoms with Gasteiger partial charge in [-0.25, -0.2) is 0 Å². The van der Waals surface area contributed by atoms with Crippen LogP contribution in [0.5, 0.6) is 0 Å². The number of fused-ring (bicyclic) bond motifs is 1. The lowest BCUT2D eigenvalue weighted by Gasteiger charge is -2.25. The van der Waals surface area contributed by atoms with E-state index in [1.807, 2.05) is 36.5 Å². The fraction of sp³-hybridized carbons (Fsp3) is 0.263. The molecule has 1 heterocycles. The number of anilines is 1. The average molecular weight is 324 g/mol. The first-order valence-electron chi connectivity index (χ1n) is 7.92. The summed E-state index contributed by atoms with van der Waals surface area (Å²) in [7, 11) is 0. The normalized spacial score (nSPS) is 22.7. The summed E-state index contributed by atoms with van der Waals surface area (Å²) in [4.78, 5) is 19.9. The van der Waals surface area contributed by atoms with Gasteiger partial charge < -0.3 is 4.90 Å². The molecule has 3 rings (SSSR count). The predicted octanol–water partition coefficient (Wildman–Crippen LogP) is 4.06. The van der Waals surface area contributed by atoms with Gasteiger partial charge in [0.05, 0.1) is 5.56 Å². The highest BCUT2D eigenvalue weighted by molar-refractivity contribution is 7.16. The summed E-state index contributed by atoms with van der Waals surface area (Å²) in [5.74, 6) is 0.476. The fourth-order valence-electron chi connectivity index (χ4n) is 2.66. The third kappa shape index (κ3) is 3.77. The van der Waals surface area contributed by atoms with Gasteiger partial charge in [0, 0.05) is 18.0 Å². The van der Waals surface area contributed by atoms with Crippen molar-refractivity contribution in [3.05, 3.63) is 69.4 Å². The van der Waals surface area contributed by atoms with Gasteiger partial charge in [0.2, 0.25) is 0 Å². The van der Waals surface area contributed by atoms with Crippen molar-refractivity contribution >= 4 is 28.6 Å². The first-order chi connectivity index (χ1) is 11.3. The van der Waals surface area contributed by atoms with Crippen LogP contribution in [-0.4, -0.2) is 18.1 Å². The lowest BCUT2D eigenvalue weighted by Crippen LogP contribution is -2.30. The van der Waals surface area contributed by atoms with Gasteiger partial charge >= 0.3 is 0 Å². The summed E-state index contributed by atoms with van der Waals surface area (Å²) in [6.45, 7) is 3.84. The maximum Gasteiger partial charge on any atom is 0.281 e. The molecule has 0 amide bonds. The van der Waals surface area contributed by atoms with E-state index in [-0.39, 0.29) is 5.56 Å². The molecule has 1 atom stereocenters. The Hall–Kier alpha value is -2.20. The molecule has 0 spiro atoms. The van der Waals surface area contributed by atoms with Gasteiger partial charge in [-0.15, -0.1) is 0 Å². The Morgan fingerprint density at radius 2 is 2.00 bits per heavy atom. The molecule has 2 aliphatic carbocycles. The van der Waals surface area contributed by atoms with Crippen molar-refractivity contribution < 1.29 is 0 Å². The van der Waals surface area contributed by atoms with Gasteiger partial charge in [-0.05, 0) is 31.4 Å². The van der Waals surface area contributed by atoms with E-state index in [4.69, 9.17) is 0 Å². The largest absolute Gasteiger partial charge is 0.348 e. The highest BCUT2D eigenvalue weighted by Crippen LogP contribution is 2.26. The van der Waals surface area contributed by atoms with E-state index in [2.05, 4.69) is 41.1 Å². The monoisotopic (exact) mass is 324 g/mol. The van der Waals surface area contributed by atoms with E-state index in [1.54, 1.807) is 11.3 Å². The van der Waals surface area contributed by atoms with Crippen LogP contribution in [0.3, 0.4) is 0 Å². The average Bonchev–Trinajstić information content (AvgIpc) is 2.54. The zero-order valence-corrected chi connectivity index (χ0v) is 14.0. The summed E-state index contributed by atoms with van der Waals surface area (Å²) in [6, 6.07) is 0. The Labute approximate surface area is 140 Å². The Morgan fingerprint density at radius 3 is 2.74 bits per heavy atom. The maximum atomic E-state index is 12.4. The fourth-order valence-corrected chi connectivity index (χ4v) is 3.73. The molecular formula is C19H20N2OS. The molecule has 2 aliphatic rings. The molecule has 23 heavy (non-hydrogen) atoms. The quantitative estimate of drug-likeness (QED) is 0.837. The molecule has 1 unspecified atom stereocenters. The Bertz CT molecular complexity index is 768. The van der Waals surface area contributed by atoms with Crippen molar-refractivity contribution in [3.8, 4) is 0 Å². The summed E-state index contributed by atoms with van der Waals surface area (Å²) < 4.78 is 0. The van der Waals surface area contributed by atoms with E-state index in [9.17, 15) is 4.79 Å². The Kier molecular flexibility index (Phi) is 5.03. The van der Waals surface area contributed by atoms with Crippen LogP contribution in [0.4, 0.5) is 5.13 Å². The van der Waals surface area contributed by atoms with Crippen LogP contribution in [0.2, 0.25) is 0 Å². The first-order valence-corrected chi connectivity index (χ1v) is 8.74. The summed E-state index contributed by atoms with van der Waals surface area (Å²) in [5.41, 5.74) is 0.526. The van der Waals surface area contributed by atoms with E-state index < -0.39 is 0 Å². The van der Waals surface area contributed by atoms with Crippen molar-refractivity contribution in [3.63, 3.8) is 0 Å². The zero-order valence-electron chi connectivity index (χ0n) is 13.2. The second kappa shape index (κ2) is 7.38. The maximum absolute atomic E-state index is 12.4. The van der Waals surface area contributed by atoms with Crippen molar-refractivity contribution in [1.82, 2.24) is 4.98 Å². The molecule has 0 aromatic carbocycles. The number of rotatable bonds is 4. The van der Waals surface area contributed by atoms with Gasteiger partial charge in [-0.1, -0.05) is 59.9 Å². The molecule has 118 valence electrons. The summed E-state index contributed by atoms with van der Waals surface area (Å²) in [6.07, 6.45) is 21.2. The second-order valence-corrected chi connectivity index (χ2v) is 6.54. The van der Waals surface area contributed by atoms with Crippen molar-refractivity contribution in [1.29, 1.82) is 0 Å². The highest BCUT2D eigenvalue weighted by atomic mass is 32.1. The molecule has 1 aromatic rings. The van der Waals surface area contributed by atoms with E-state index >= 15 is 0 Å². The number of aromatic nitrogens is 1.